The Morgan fingerprint density at radius 2 is 1.66 bits per heavy atom. The number of aliphatic hydroxyl groups is 1. The van der Waals surface area contributed by atoms with Gasteiger partial charge in [0.25, 0.3) is 0 Å². The summed E-state index contributed by atoms with van der Waals surface area (Å²) >= 11 is 0. The molecular formula is C21H35N7O7. The van der Waals surface area contributed by atoms with Gasteiger partial charge in [-0.15, -0.1) is 0 Å². The number of amides is 4. The van der Waals surface area contributed by atoms with Crippen LogP contribution in [0, 0.1) is 5.92 Å². The van der Waals surface area contributed by atoms with Crippen molar-refractivity contribution in [3.63, 3.8) is 0 Å². The minimum absolute atomic E-state index is 0.105. The third-order valence-electron chi connectivity index (χ3n) is 5.53. The summed E-state index contributed by atoms with van der Waals surface area (Å²) in [6.45, 7) is 4.82. The van der Waals surface area contributed by atoms with E-state index in [9.17, 15) is 34.2 Å². The first-order chi connectivity index (χ1) is 16.4. The average Bonchev–Trinajstić information content (AvgIpc) is 3.30. The topological polar surface area (TPSA) is 243 Å². The molecule has 0 saturated heterocycles. The molecule has 0 aliphatic carbocycles. The molecule has 0 spiro atoms. The second kappa shape index (κ2) is 14.0. The lowest BCUT2D eigenvalue weighted by atomic mass is 9.98. The Bertz CT molecular complexity index is 875. The summed E-state index contributed by atoms with van der Waals surface area (Å²) < 4.78 is 0. The largest absolute Gasteiger partial charge is 0.480 e. The van der Waals surface area contributed by atoms with E-state index in [4.69, 9.17) is 11.5 Å². The van der Waals surface area contributed by atoms with E-state index in [0.717, 1.165) is 0 Å². The van der Waals surface area contributed by atoms with Crippen LogP contribution >= 0.6 is 0 Å². The molecule has 0 aliphatic heterocycles. The number of aliphatic carboxylic acids is 1. The number of carboxylic acids is 1. The van der Waals surface area contributed by atoms with Crippen LogP contribution in [-0.2, 0) is 30.4 Å². The summed E-state index contributed by atoms with van der Waals surface area (Å²) in [6.07, 6.45) is 1.49. The van der Waals surface area contributed by atoms with Gasteiger partial charge in [0.1, 0.15) is 12.1 Å². The van der Waals surface area contributed by atoms with Gasteiger partial charge in [-0.05, 0) is 19.3 Å². The molecule has 4 amide bonds. The summed E-state index contributed by atoms with van der Waals surface area (Å²) in [6, 6.07) is -5.08. The van der Waals surface area contributed by atoms with Gasteiger partial charge in [-0.3, -0.25) is 19.2 Å². The molecule has 1 aromatic rings. The fourth-order valence-corrected chi connectivity index (χ4v) is 3.08. The molecule has 14 heteroatoms. The molecule has 14 nitrogen and oxygen atoms in total. The van der Waals surface area contributed by atoms with Gasteiger partial charge in [0.05, 0.1) is 18.5 Å². The summed E-state index contributed by atoms with van der Waals surface area (Å²) in [5, 5.41) is 26.1. The van der Waals surface area contributed by atoms with Gasteiger partial charge in [-0.1, -0.05) is 20.3 Å². The Kier molecular flexibility index (Phi) is 11.8. The van der Waals surface area contributed by atoms with E-state index in [1.165, 1.54) is 19.4 Å². The standard InChI is InChI=1S/C21H35N7O7/c1-4-10(2)16(23)20(33)26-13(5-6-15(22)30)18(31)27-14(7-12-8-24-9-25-12)19(32)28-17(11(3)29)21(34)35/h8-11,13-14,16-17,29H,4-7,23H2,1-3H3,(H2,22,30)(H,24,25)(H,26,33)(H,27,31)(H,28,32)(H,34,35). The third kappa shape index (κ3) is 9.70. The Morgan fingerprint density at radius 3 is 2.14 bits per heavy atom. The molecule has 1 aromatic heterocycles. The van der Waals surface area contributed by atoms with Gasteiger partial charge >= 0.3 is 5.97 Å². The highest BCUT2D eigenvalue weighted by atomic mass is 16.4. The maximum atomic E-state index is 13.1. The molecule has 0 aliphatic rings. The first-order valence-electron chi connectivity index (χ1n) is 11.2. The van der Waals surface area contributed by atoms with Crippen LogP contribution < -0.4 is 27.4 Å². The predicted molar refractivity (Wildman–Crippen MR) is 123 cm³/mol. The summed E-state index contributed by atoms with van der Waals surface area (Å²) in [5.74, 6) is -4.65. The first kappa shape index (κ1) is 29.5. The normalized spacial score (nSPS) is 16.1. The van der Waals surface area contributed by atoms with Crippen molar-refractivity contribution in [3.05, 3.63) is 18.2 Å². The molecule has 35 heavy (non-hydrogen) atoms. The van der Waals surface area contributed by atoms with Gasteiger partial charge in [-0.25, -0.2) is 9.78 Å². The fourth-order valence-electron chi connectivity index (χ4n) is 3.08. The van der Waals surface area contributed by atoms with Crippen molar-refractivity contribution < 1.29 is 34.2 Å². The number of primary amides is 1. The zero-order valence-electron chi connectivity index (χ0n) is 20.0. The van der Waals surface area contributed by atoms with Crippen molar-refractivity contribution in [2.45, 2.75) is 76.7 Å². The van der Waals surface area contributed by atoms with Crippen LogP contribution in [0.4, 0.5) is 0 Å². The van der Waals surface area contributed by atoms with Crippen molar-refractivity contribution in [2.24, 2.45) is 17.4 Å². The molecule has 0 saturated carbocycles. The Labute approximate surface area is 202 Å². The molecule has 196 valence electrons. The van der Waals surface area contributed by atoms with E-state index in [1.807, 2.05) is 6.92 Å². The van der Waals surface area contributed by atoms with E-state index in [2.05, 4.69) is 25.9 Å². The summed E-state index contributed by atoms with van der Waals surface area (Å²) in [5.41, 5.74) is 11.6. The number of H-pyrrole nitrogens is 1. The molecule has 0 aromatic carbocycles. The molecule has 0 bridgehead atoms. The van der Waals surface area contributed by atoms with E-state index < -0.39 is 59.9 Å². The molecule has 1 heterocycles. The minimum atomic E-state index is -1.62. The SMILES string of the molecule is CCC(C)C(N)C(=O)NC(CCC(N)=O)C(=O)NC(Cc1cnc[nH]1)C(=O)NC(C(=O)O)C(C)O. The van der Waals surface area contributed by atoms with E-state index in [-0.39, 0.29) is 25.2 Å². The number of carbonyl (C=O) groups excluding carboxylic acids is 4. The van der Waals surface area contributed by atoms with Crippen LogP contribution in [-0.4, -0.2) is 80.1 Å². The maximum Gasteiger partial charge on any atom is 0.328 e. The van der Waals surface area contributed by atoms with Crippen LogP contribution in [0.1, 0.15) is 45.7 Å². The number of rotatable bonds is 15. The highest BCUT2D eigenvalue weighted by Gasteiger charge is 2.32. The molecule has 10 N–H and O–H groups in total. The van der Waals surface area contributed by atoms with Crippen molar-refractivity contribution in [3.8, 4) is 0 Å². The highest BCUT2D eigenvalue weighted by molar-refractivity contribution is 5.94. The minimum Gasteiger partial charge on any atom is -0.480 e. The number of carboxylic acid groups (broad SMARTS) is 1. The lowest BCUT2D eigenvalue weighted by Gasteiger charge is -2.26. The van der Waals surface area contributed by atoms with Crippen LogP contribution in [0.3, 0.4) is 0 Å². The van der Waals surface area contributed by atoms with Crippen LogP contribution in [0.25, 0.3) is 0 Å². The average molecular weight is 498 g/mol. The highest BCUT2D eigenvalue weighted by Crippen LogP contribution is 2.08. The first-order valence-corrected chi connectivity index (χ1v) is 11.2. The number of nitrogens with zero attached hydrogens (tertiary/aromatic N) is 1. The van der Waals surface area contributed by atoms with Crippen LogP contribution in [0.5, 0.6) is 0 Å². The molecule has 0 radical (unpaired) electrons. The van der Waals surface area contributed by atoms with Crippen LogP contribution in [0.15, 0.2) is 12.5 Å². The third-order valence-corrected chi connectivity index (χ3v) is 5.53. The van der Waals surface area contributed by atoms with Crippen LogP contribution in [0.2, 0.25) is 0 Å². The number of aliphatic hydroxyl groups excluding tert-OH is 1. The second-order valence-electron chi connectivity index (χ2n) is 8.38. The monoisotopic (exact) mass is 497 g/mol. The van der Waals surface area contributed by atoms with E-state index in [1.54, 1.807) is 6.92 Å². The number of aromatic nitrogens is 2. The summed E-state index contributed by atoms with van der Waals surface area (Å²) in [4.78, 5) is 67.8. The molecule has 1 rings (SSSR count). The quantitative estimate of drug-likeness (QED) is 0.128. The molecular weight excluding hydrogens is 462 g/mol. The smallest absolute Gasteiger partial charge is 0.328 e. The van der Waals surface area contributed by atoms with E-state index in [0.29, 0.717) is 12.1 Å². The number of hydrogen-bond acceptors (Lipinski definition) is 8. The number of carbonyl (C=O) groups is 5. The Morgan fingerprint density at radius 1 is 1.06 bits per heavy atom. The van der Waals surface area contributed by atoms with Gasteiger partial charge in [0, 0.05) is 24.7 Å². The predicted octanol–water partition coefficient (Wildman–Crippen LogP) is -2.49. The van der Waals surface area contributed by atoms with Gasteiger partial charge in [0.2, 0.25) is 23.6 Å². The lowest BCUT2D eigenvalue weighted by Crippen LogP contribution is -2.59. The second-order valence-corrected chi connectivity index (χ2v) is 8.38. The fraction of sp³-hybridized carbons (Fsp3) is 0.619. The number of nitrogens with two attached hydrogens (primary N) is 2. The van der Waals surface area contributed by atoms with Crippen molar-refractivity contribution in [1.29, 1.82) is 0 Å². The number of aromatic amines is 1. The Hall–Kier alpha value is -3.52. The molecule has 6 atom stereocenters. The number of nitrogens with one attached hydrogen (secondary N) is 4. The number of hydrogen-bond donors (Lipinski definition) is 8. The zero-order chi connectivity index (χ0) is 26.7. The zero-order valence-corrected chi connectivity index (χ0v) is 20.0. The number of imidazole rings is 1. The molecule has 6 unspecified atom stereocenters. The molecule has 0 fully saturated rings. The van der Waals surface area contributed by atoms with Crippen molar-refractivity contribution >= 4 is 29.6 Å². The van der Waals surface area contributed by atoms with Gasteiger partial charge in [0.15, 0.2) is 6.04 Å². The Balaban J connectivity index is 3.10. The lowest BCUT2D eigenvalue weighted by molar-refractivity contribution is -0.145. The van der Waals surface area contributed by atoms with E-state index >= 15 is 0 Å². The van der Waals surface area contributed by atoms with Crippen molar-refractivity contribution in [1.82, 2.24) is 25.9 Å². The van der Waals surface area contributed by atoms with Crippen molar-refractivity contribution in [2.75, 3.05) is 0 Å². The van der Waals surface area contributed by atoms with Gasteiger partial charge in [-0.2, -0.15) is 0 Å². The van der Waals surface area contributed by atoms with Gasteiger partial charge < -0.3 is 42.6 Å². The maximum absolute atomic E-state index is 13.1. The summed E-state index contributed by atoms with van der Waals surface area (Å²) in [7, 11) is 0.